The van der Waals surface area contributed by atoms with E-state index in [0.717, 1.165) is 32.1 Å². The second-order valence-corrected chi connectivity index (χ2v) is 5.51. The number of hydrogen-bond acceptors (Lipinski definition) is 1. The lowest BCUT2D eigenvalue weighted by atomic mass is 9.85. The van der Waals surface area contributed by atoms with E-state index >= 15 is 0 Å². The fourth-order valence-corrected chi connectivity index (χ4v) is 2.81. The van der Waals surface area contributed by atoms with E-state index in [1.807, 2.05) is 18.2 Å². The molecule has 0 unspecified atom stereocenters. The van der Waals surface area contributed by atoms with E-state index in [0.29, 0.717) is 11.7 Å². The van der Waals surface area contributed by atoms with Gasteiger partial charge >= 0.3 is 0 Å². The van der Waals surface area contributed by atoms with Gasteiger partial charge in [-0.05, 0) is 31.2 Å². The molecule has 1 aliphatic carbocycles. The van der Waals surface area contributed by atoms with Gasteiger partial charge in [-0.1, -0.05) is 61.7 Å². The lowest BCUT2D eigenvalue weighted by molar-refractivity contribution is -0.123. The third-order valence-electron chi connectivity index (χ3n) is 3.96. The molecule has 1 nitrogen and oxygen atoms in total. The zero-order valence-electron chi connectivity index (χ0n) is 11.7. The van der Waals surface area contributed by atoms with Gasteiger partial charge in [-0.25, -0.2) is 0 Å². The molecule has 102 valence electrons. The summed E-state index contributed by atoms with van der Waals surface area (Å²) in [6.45, 7) is 0. The van der Waals surface area contributed by atoms with Crippen LogP contribution in [0.2, 0.25) is 0 Å². The highest BCUT2D eigenvalue weighted by Gasteiger charge is 2.19. The predicted molar refractivity (Wildman–Crippen MR) is 80.9 cm³/mol. The smallest absolute Gasteiger partial charge is 0.135 e. The molecule has 1 heteroatoms. The average molecular weight is 256 g/mol. The van der Waals surface area contributed by atoms with Gasteiger partial charge in [0, 0.05) is 12.3 Å². The molecule has 1 saturated carbocycles. The molecule has 0 heterocycles. The molecule has 1 aromatic carbocycles. The van der Waals surface area contributed by atoms with Crippen LogP contribution in [0.1, 0.15) is 56.9 Å². The first kappa shape index (κ1) is 14.0. The number of benzene rings is 1. The van der Waals surface area contributed by atoms with Crippen molar-refractivity contribution in [2.24, 2.45) is 5.92 Å². The van der Waals surface area contributed by atoms with Gasteiger partial charge in [0.1, 0.15) is 5.78 Å². The van der Waals surface area contributed by atoms with Crippen molar-refractivity contribution >= 4 is 11.9 Å². The molecule has 0 atom stereocenters. The van der Waals surface area contributed by atoms with Gasteiger partial charge in [0.15, 0.2) is 0 Å². The van der Waals surface area contributed by atoms with Crippen LogP contribution >= 0.6 is 0 Å². The lowest BCUT2D eigenvalue weighted by Crippen LogP contribution is -2.17. The van der Waals surface area contributed by atoms with Crippen LogP contribution < -0.4 is 0 Å². The summed E-state index contributed by atoms with van der Waals surface area (Å²) < 4.78 is 0. The van der Waals surface area contributed by atoms with Gasteiger partial charge in [0.25, 0.3) is 0 Å². The quantitative estimate of drug-likeness (QED) is 0.653. The number of carbonyl (C=O) groups excluding carboxylic acids is 1. The Morgan fingerprint density at radius 3 is 2.58 bits per heavy atom. The maximum atomic E-state index is 12.0. The summed E-state index contributed by atoms with van der Waals surface area (Å²) in [6.07, 6.45) is 13.2. The monoisotopic (exact) mass is 256 g/mol. The molecule has 0 N–H and O–H groups in total. The Morgan fingerprint density at radius 2 is 1.84 bits per heavy atom. The van der Waals surface area contributed by atoms with Crippen LogP contribution in [-0.4, -0.2) is 5.78 Å². The van der Waals surface area contributed by atoms with Gasteiger partial charge in [-0.2, -0.15) is 0 Å². The van der Waals surface area contributed by atoms with Crippen LogP contribution in [0, 0.1) is 5.92 Å². The summed E-state index contributed by atoms with van der Waals surface area (Å²) >= 11 is 0. The van der Waals surface area contributed by atoms with Crippen molar-refractivity contribution in [2.45, 2.75) is 51.4 Å². The molecular formula is C18H24O. The molecule has 0 bridgehead atoms. The number of hydrogen-bond donors (Lipinski definition) is 0. The predicted octanol–water partition coefficient (Wildman–Crippen LogP) is 5.02. The number of unbranched alkanes of at least 4 members (excludes halogenated alkanes) is 1. The van der Waals surface area contributed by atoms with E-state index in [9.17, 15) is 4.79 Å². The van der Waals surface area contributed by atoms with Crippen LogP contribution in [0.15, 0.2) is 36.4 Å². The Hall–Kier alpha value is -1.37. The van der Waals surface area contributed by atoms with Gasteiger partial charge in [0.05, 0.1) is 0 Å². The largest absolute Gasteiger partial charge is 0.299 e. The molecule has 1 aromatic rings. The van der Waals surface area contributed by atoms with Gasteiger partial charge in [-0.3, -0.25) is 4.79 Å². The fourth-order valence-electron chi connectivity index (χ4n) is 2.81. The second kappa shape index (κ2) is 7.93. The van der Waals surface area contributed by atoms with Gasteiger partial charge in [0.2, 0.25) is 0 Å². The van der Waals surface area contributed by atoms with Crippen molar-refractivity contribution < 1.29 is 4.79 Å². The second-order valence-electron chi connectivity index (χ2n) is 5.51. The molecule has 0 saturated heterocycles. The first-order valence-corrected chi connectivity index (χ1v) is 7.60. The molecule has 0 amide bonds. The molecule has 1 fully saturated rings. The summed E-state index contributed by atoms with van der Waals surface area (Å²) in [5.41, 5.74) is 1.24. The highest BCUT2D eigenvalue weighted by atomic mass is 16.1. The first-order chi connectivity index (χ1) is 9.36. The number of allylic oxidation sites excluding steroid dienone is 1. The topological polar surface area (TPSA) is 17.1 Å². The van der Waals surface area contributed by atoms with Crippen molar-refractivity contribution in [3.8, 4) is 0 Å². The van der Waals surface area contributed by atoms with Gasteiger partial charge < -0.3 is 0 Å². The zero-order chi connectivity index (χ0) is 13.3. The molecule has 0 radical (unpaired) electrons. The molecule has 2 rings (SSSR count). The number of ketones is 1. The van der Waals surface area contributed by atoms with E-state index < -0.39 is 0 Å². The third-order valence-corrected chi connectivity index (χ3v) is 3.96. The van der Waals surface area contributed by atoms with Crippen LogP contribution in [-0.2, 0) is 4.79 Å². The van der Waals surface area contributed by atoms with Crippen LogP contribution in [0.5, 0.6) is 0 Å². The van der Waals surface area contributed by atoms with E-state index in [2.05, 4.69) is 24.3 Å². The minimum absolute atomic E-state index is 0.381. The van der Waals surface area contributed by atoms with Crippen molar-refractivity contribution in [2.75, 3.05) is 0 Å². The maximum absolute atomic E-state index is 12.0. The van der Waals surface area contributed by atoms with E-state index in [4.69, 9.17) is 0 Å². The van der Waals surface area contributed by atoms with E-state index in [1.54, 1.807) is 0 Å². The Labute approximate surface area is 116 Å². The molecule has 0 aromatic heterocycles. The van der Waals surface area contributed by atoms with Crippen LogP contribution in [0.25, 0.3) is 6.08 Å². The van der Waals surface area contributed by atoms with Crippen molar-refractivity contribution in [3.63, 3.8) is 0 Å². The standard InChI is InChI=1S/C18H24O/c19-18(17-13-7-3-8-14-17)15-9-2-6-12-16-10-4-1-5-11-16/h1,4-6,10-12,17H,2-3,7-9,13-15H2/b12-6+. The fraction of sp³-hybridized carbons (Fsp3) is 0.500. The van der Waals surface area contributed by atoms with Crippen LogP contribution in [0.4, 0.5) is 0 Å². The highest BCUT2D eigenvalue weighted by molar-refractivity contribution is 5.81. The Balaban J connectivity index is 1.63. The molecule has 0 spiro atoms. The molecular weight excluding hydrogens is 232 g/mol. The maximum Gasteiger partial charge on any atom is 0.135 e. The van der Waals surface area contributed by atoms with Crippen molar-refractivity contribution in [1.29, 1.82) is 0 Å². The van der Waals surface area contributed by atoms with E-state index in [-0.39, 0.29) is 0 Å². The lowest BCUT2D eigenvalue weighted by Gasteiger charge is -2.19. The zero-order valence-corrected chi connectivity index (χ0v) is 11.7. The van der Waals surface area contributed by atoms with Crippen molar-refractivity contribution in [3.05, 3.63) is 42.0 Å². The Kier molecular flexibility index (Phi) is 5.87. The minimum atomic E-state index is 0.381. The number of rotatable bonds is 6. The van der Waals surface area contributed by atoms with Crippen LogP contribution in [0.3, 0.4) is 0 Å². The normalized spacial score (nSPS) is 16.8. The van der Waals surface area contributed by atoms with E-state index in [1.165, 1.54) is 24.8 Å². The minimum Gasteiger partial charge on any atom is -0.299 e. The molecule has 19 heavy (non-hydrogen) atoms. The van der Waals surface area contributed by atoms with Crippen molar-refractivity contribution in [1.82, 2.24) is 0 Å². The first-order valence-electron chi connectivity index (χ1n) is 7.60. The highest BCUT2D eigenvalue weighted by Crippen LogP contribution is 2.25. The summed E-state index contributed by atoms with van der Waals surface area (Å²) in [5, 5.41) is 0. The summed E-state index contributed by atoms with van der Waals surface area (Å²) in [6, 6.07) is 10.3. The average Bonchev–Trinajstić information content (AvgIpc) is 2.49. The number of carbonyl (C=O) groups is 1. The number of Topliss-reactive ketones (excluding diaryl/α,β-unsaturated/α-hetero) is 1. The third kappa shape index (κ3) is 5.02. The Bertz CT molecular complexity index is 399. The summed E-state index contributed by atoms with van der Waals surface area (Å²) in [5.74, 6) is 0.889. The summed E-state index contributed by atoms with van der Waals surface area (Å²) in [7, 11) is 0. The van der Waals surface area contributed by atoms with Gasteiger partial charge in [-0.15, -0.1) is 0 Å². The Morgan fingerprint density at radius 1 is 1.11 bits per heavy atom. The summed E-state index contributed by atoms with van der Waals surface area (Å²) in [4.78, 5) is 12.0. The molecule has 1 aliphatic rings. The SMILES string of the molecule is O=C(CCC/C=C/c1ccccc1)C1CCCCC1. The molecule has 0 aliphatic heterocycles.